The first-order valence-electron chi connectivity index (χ1n) is 5.28. The third-order valence-corrected chi connectivity index (χ3v) is 1.54. The van der Waals surface area contributed by atoms with Crippen LogP contribution in [0.3, 0.4) is 0 Å². The van der Waals surface area contributed by atoms with Crippen LogP contribution in [0, 0.1) is 6.92 Å². The van der Waals surface area contributed by atoms with Crippen LogP contribution in [0.25, 0.3) is 5.65 Å². The van der Waals surface area contributed by atoms with E-state index >= 15 is 0 Å². The highest BCUT2D eigenvalue weighted by Crippen LogP contribution is 2.15. The summed E-state index contributed by atoms with van der Waals surface area (Å²) in [6.07, 6.45) is 1.60. The summed E-state index contributed by atoms with van der Waals surface area (Å²) in [4.78, 5) is 4.06. The summed E-state index contributed by atoms with van der Waals surface area (Å²) in [6.45, 7) is 9.74. The van der Waals surface area contributed by atoms with Gasteiger partial charge in [0, 0.05) is 6.20 Å². The molecule has 0 aliphatic rings. The smallest absolute Gasteiger partial charge is 0.236 e. The number of imidazole rings is 1. The molecule has 2 aromatic heterocycles. The van der Waals surface area contributed by atoms with Crippen molar-refractivity contribution in [2.75, 3.05) is 0 Å². The molecule has 2 rings (SSSR count). The van der Waals surface area contributed by atoms with Crippen LogP contribution in [0.4, 0.5) is 0 Å². The molecule has 0 fully saturated rings. The van der Waals surface area contributed by atoms with Gasteiger partial charge >= 0.3 is 0 Å². The predicted octanol–water partition coefficient (Wildman–Crippen LogP) is 2.80. The summed E-state index contributed by atoms with van der Waals surface area (Å²) >= 11 is 0. The maximum atomic E-state index is 9.34. The standard InChI is InChI=1S/C7H7N3O.2C2H6/c1-5-7(11)10-6(9-5)3-2-4-8-10;2*1-2/h2-4,11H,1H3;2*1-2H3. The normalized spacial score (nSPS) is 8.60. The Hall–Kier alpha value is -1.58. The molecule has 2 heterocycles. The lowest BCUT2D eigenvalue weighted by Gasteiger charge is -1.89. The average molecular weight is 209 g/mol. The van der Waals surface area contributed by atoms with Gasteiger partial charge in [-0.15, -0.1) is 0 Å². The molecule has 0 spiro atoms. The molecule has 0 unspecified atom stereocenters. The van der Waals surface area contributed by atoms with Gasteiger partial charge < -0.3 is 5.11 Å². The van der Waals surface area contributed by atoms with Gasteiger partial charge in [-0.25, -0.2) is 4.98 Å². The van der Waals surface area contributed by atoms with Crippen LogP contribution in [-0.2, 0) is 0 Å². The van der Waals surface area contributed by atoms with Crippen LogP contribution in [0.15, 0.2) is 18.3 Å². The highest BCUT2D eigenvalue weighted by Gasteiger charge is 2.05. The van der Waals surface area contributed by atoms with Crippen LogP contribution >= 0.6 is 0 Å². The Morgan fingerprint density at radius 2 is 1.80 bits per heavy atom. The van der Waals surface area contributed by atoms with E-state index < -0.39 is 0 Å². The Kier molecular flexibility index (Phi) is 6.09. The van der Waals surface area contributed by atoms with Crippen molar-refractivity contribution in [1.29, 1.82) is 0 Å². The number of nitrogens with zero attached hydrogens (tertiary/aromatic N) is 3. The zero-order valence-corrected chi connectivity index (χ0v) is 10.0. The largest absolute Gasteiger partial charge is 0.492 e. The predicted molar refractivity (Wildman–Crippen MR) is 62.1 cm³/mol. The van der Waals surface area contributed by atoms with Gasteiger partial charge in [-0.2, -0.15) is 9.61 Å². The lowest BCUT2D eigenvalue weighted by atomic mass is 10.5. The van der Waals surface area contributed by atoms with E-state index in [1.54, 1.807) is 25.3 Å². The quantitative estimate of drug-likeness (QED) is 0.725. The fourth-order valence-electron chi connectivity index (χ4n) is 0.987. The van der Waals surface area contributed by atoms with Crippen molar-refractivity contribution in [2.24, 2.45) is 0 Å². The van der Waals surface area contributed by atoms with Crippen LogP contribution in [0.5, 0.6) is 5.88 Å². The molecule has 4 nitrogen and oxygen atoms in total. The minimum Gasteiger partial charge on any atom is -0.492 e. The molecule has 4 heteroatoms. The number of aromatic nitrogens is 3. The summed E-state index contributed by atoms with van der Waals surface area (Å²) < 4.78 is 1.40. The van der Waals surface area contributed by atoms with Gasteiger partial charge in [0.15, 0.2) is 5.65 Å². The second-order valence-electron chi connectivity index (χ2n) is 2.31. The van der Waals surface area contributed by atoms with E-state index in [1.807, 2.05) is 27.7 Å². The van der Waals surface area contributed by atoms with E-state index in [2.05, 4.69) is 10.1 Å². The van der Waals surface area contributed by atoms with E-state index in [0.717, 1.165) is 0 Å². The van der Waals surface area contributed by atoms with Crippen LogP contribution in [0.2, 0.25) is 0 Å². The maximum Gasteiger partial charge on any atom is 0.236 e. The van der Waals surface area contributed by atoms with Gasteiger partial charge in [0.1, 0.15) is 5.69 Å². The summed E-state index contributed by atoms with van der Waals surface area (Å²) in [5.74, 6) is 0.112. The fourth-order valence-corrected chi connectivity index (χ4v) is 0.987. The molecular formula is C11H19N3O. The van der Waals surface area contributed by atoms with E-state index in [0.29, 0.717) is 11.3 Å². The zero-order valence-electron chi connectivity index (χ0n) is 10.0. The second kappa shape index (κ2) is 6.81. The van der Waals surface area contributed by atoms with Crippen LogP contribution in [0.1, 0.15) is 33.4 Å². The monoisotopic (exact) mass is 209 g/mol. The number of hydrogen-bond donors (Lipinski definition) is 1. The number of aromatic hydroxyl groups is 1. The van der Waals surface area contributed by atoms with Crippen molar-refractivity contribution < 1.29 is 5.11 Å². The summed E-state index contributed by atoms with van der Waals surface area (Å²) in [5, 5.41) is 13.2. The summed E-state index contributed by atoms with van der Waals surface area (Å²) in [7, 11) is 0. The highest BCUT2D eigenvalue weighted by atomic mass is 16.3. The fraction of sp³-hybridized carbons (Fsp3) is 0.455. The van der Waals surface area contributed by atoms with Crippen molar-refractivity contribution >= 4 is 5.65 Å². The van der Waals surface area contributed by atoms with Gasteiger partial charge in [0.2, 0.25) is 5.88 Å². The molecule has 0 saturated heterocycles. The molecule has 0 radical (unpaired) electrons. The Labute approximate surface area is 90.6 Å². The lowest BCUT2D eigenvalue weighted by molar-refractivity contribution is 0.434. The Morgan fingerprint density at radius 1 is 1.20 bits per heavy atom. The Morgan fingerprint density at radius 3 is 2.33 bits per heavy atom. The molecule has 0 aliphatic heterocycles. The molecule has 84 valence electrons. The third-order valence-electron chi connectivity index (χ3n) is 1.54. The van der Waals surface area contributed by atoms with Crippen molar-refractivity contribution in [3.05, 3.63) is 24.0 Å². The first kappa shape index (κ1) is 13.4. The maximum absolute atomic E-state index is 9.34. The van der Waals surface area contributed by atoms with Gasteiger partial charge in [-0.05, 0) is 19.1 Å². The zero-order chi connectivity index (χ0) is 11.8. The van der Waals surface area contributed by atoms with Gasteiger partial charge in [0.05, 0.1) is 0 Å². The number of fused-ring (bicyclic) bond motifs is 1. The highest BCUT2D eigenvalue weighted by molar-refractivity contribution is 5.42. The second-order valence-corrected chi connectivity index (χ2v) is 2.31. The molecule has 0 amide bonds. The van der Waals surface area contributed by atoms with E-state index in [-0.39, 0.29) is 5.88 Å². The lowest BCUT2D eigenvalue weighted by Crippen LogP contribution is -1.87. The average Bonchev–Trinajstić information content (AvgIpc) is 2.61. The van der Waals surface area contributed by atoms with Gasteiger partial charge in [0.25, 0.3) is 0 Å². The minimum absolute atomic E-state index is 0.112. The Bertz CT molecular complexity index is 396. The molecule has 1 N–H and O–H groups in total. The van der Waals surface area contributed by atoms with Crippen molar-refractivity contribution in [2.45, 2.75) is 34.6 Å². The molecule has 0 atom stereocenters. The SMILES string of the molecule is CC.CC.Cc1nc2cccnn2c1O. The topological polar surface area (TPSA) is 50.4 Å². The number of hydrogen-bond acceptors (Lipinski definition) is 3. The van der Waals surface area contributed by atoms with Crippen molar-refractivity contribution in [1.82, 2.24) is 14.6 Å². The van der Waals surface area contributed by atoms with E-state index in [4.69, 9.17) is 0 Å². The number of aryl methyl sites for hydroxylation is 1. The first-order chi connectivity index (χ1) is 7.29. The van der Waals surface area contributed by atoms with Crippen LogP contribution in [-0.4, -0.2) is 19.7 Å². The number of rotatable bonds is 0. The first-order valence-corrected chi connectivity index (χ1v) is 5.28. The van der Waals surface area contributed by atoms with Crippen molar-refractivity contribution in [3.8, 4) is 5.88 Å². The molecule has 15 heavy (non-hydrogen) atoms. The molecule has 0 saturated carbocycles. The van der Waals surface area contributed by atoms with E-state index in [9.17, 15) is 5.11 Å². The summed E-state index contributed by atoms with van der Waals surface area (Å²) in [6, 6.07) is 3.57. The molecular weight excluding hydrogens is 190 g/mol. The van der Waals surface area contributed by atoms with Gasteiger partial charge in [-0.3, -0.25) is 0 Å². The molecule has 0 aliphatic carbocycles. The Balaban J connectivity index is 0.000000442. The third kappa shape index (κ3) is 2.94. The molecule has 0 bridgehead atoms. The summed E-state index contributed by atoms with van der Waals surface area (Å²) in [5.41, 5.74) is 1.27. The van der Waals surface area contributed by atoms with Crippen LogP contribution < -0.4 is 0 Å². The molecule has 2 aromatic rings. The minimum atomic E-state index is 0.112. The van der Waals surface area contributed by atoms with E-state index in [1.165, 1.54) is 4.52 Å². The van der Waals surface area contributed by atoms with Gasteiger partial charge in [-0.1, -0.05) is 27.7 Å². The molecule has 0 aromatic carbocycles. The van der Waals surface area contributed by atoms with Crippen molar-refractivity contribution in [3.63, 3.8) is 0 Å².